The molecule has 29 nitrogen and oxygen atoms in total. The third-order valence-electron chi connectivity index (χ3n) is 18.6. The van der Waals surface area contributed by atoms with Gasteiger partial charge in [-0.15, -0.1) is 4.73 Å². The van der Waals surface area contributed by atoms with Gasteiger partial charge in [-0.1, -0.05) is 99.5 Å². The van der Waals surface area contributed by atoms with Crippen molar-refractivity contribution in [2.75, 3.05) is 151 Å². The van der Waals surface area contributed by atoms with Gasteiger partial charge in [0.2, 0.25) is 0 Å². The Morgan fingerprint density at radius 2 is 0.723 bits per heavy atom. The van der Waals surface area contributed by atoms with Gasteiger partial charge < -0.3 is 80.5 Å². The first-order valence-electron chi connectivity index (χ1n) is 41.0. The Kier molecular flexibility index (Phi) is 41.4. The molecule has 0 saturated carbocycles. The molecule has 0 saturated heterocycles. The van der Waals surface area contributed by atoms with Gasteiger partial charge in [0.1, 0.15) is 17.9 Å². The molecule has 1 atom stereocenters. The van der Waals surface area contributed by atoms with E-state index < -0.39 is 64.6 Å². The van der Waals surface area contributed by atoms with Gasteiger partial charge in [-0.2, -0.15) is 0 Å². The molecular formula is C83H128N12O17. The van der Waals surface area contributed by atoms with Gasteiger partial charge in [0.15, 0.2) is 34.5 Å². The van der Waals surface area contributed by atoms with Gasteiger partial charge in [0.25, 0.3) is 46.9 Å². The summed E-state index contributed by atoms with van der Waals surface area (Å²) in [5.74, 6) is -2.87. The maximum absolute atomic E-state index is 15.0. The highest BCUT2D eigenvalue weighted by Crippen LogP contribution is 2.39. The summed E-state index contributed by atoms with van der Waals surface area (Å²) >= 11 is 0. The highest BCUT2D eigenvalue weighted by Gasteiger charge is 2.31. The number of alkyl carbamates (subject to hydrolysis) is 1. The van der Waals surface area contributed by atoms with Gasteiger partial charge in [-0.3, -0.25) is 53.1 Å². The summed E-state index contributed by atoms with van der Waals surface area (Å²) in [6, 6.07) is 13.0. The zero-order chi connectivity index (χ0) is 81.1. The molecule has 3 aromatic carbocycles. The number of ether oxygens (including phenoxy) is 7. The molecule has 4 aromatic rings. The second-order valence-corrected chi connectivity index (χ2v) is 29.0. The topological polar surface area (TPSA) is 338 Å². The Hall–Kier alpha value is -9.35. The first-order chi connectivity index (χ1) is 54.2. The molecule has 0 spiro atoms. The largest absolute Gasteiger partial charge is 0.489 e. The number of carbonyl (C=O) groups is 8. The third kappa shape index (κ3) is 30.6. The van der Waals surface area contributed by atoms with E-state index >= 15 is 4.79 Å². The van der Waals surface area contributed by atoms with Crippen LogP contribution in [0.3, 0.4) is 0 Å². The maximum Gasteiger partial charge on any atom is 0.407 e. The Morgan fingerprint density at radius 1 is 0.402 bits per heavy atom. The number of nitrogens with one attached hydrogen (secondary N) is 8. The van der Waals surface area contributed by atoms with Gasteiger partial charge >= 0.3 is 6.09 Å². The van der Waals surface area contributed by atoms with Crippen molar-refractivity contribution >= 4 is 47.4 Å². The van der Waals surface area contributed by atoms with E-state index in [0.29, 0.717) is 64.2 Å². The smallest absolute Gasteiger partial charge is 0.407 e. The second-order valence-electron chi connectivity index (χ2n) is 29.0. The van der Waals surface area contributed by atoms with Crippen LogP contribution >= 0.6 is 0 Å². The van der Waals surface area contributed by atoms with Crippen molar-refractivity contribution in [2.24, 2.45) is 0 Å². The standard InChI is InChI=1S/C83H128N12O17/c1-11-18-52-105-69-61-31-33-64(72(69)108-55-21-14-4)78(100)87-41-47-93-48-42-88-79(101)65-34-32-62(70(106-53-19-12-2)73(65)109-56-22-15-5)76(98)85-39-45-92(44-38-84-75(61)97)46-40-86-77(99)63-35-36-66(74(110-57-23-16-6)71(63)107-54-20-13-3)80(102)89-43-49-94(51-50-93)59-60(28-25-26-37-90-82(104)112-83(8,9)10)91-81(103)67-29-27-30-68(96)95(67)111-58-24-17-7/h27,29-36,60H,11-26,28,37-59H2,1-10H3,(H,84,97)(H,85,98)(H,86,99)(H,87,100)(H,88,101)(H,89,102)(H,90,104)(H,91,103). The second kappa shape index (κ2) is 50.6. The quantitative estimate of drug-likeness (QED) is 0.0195. The normalized spacial score (nSPS) is 16.4. The number of amides is 8. The van der Waals surface area contributed by atoms with Crippen molar-refractivity contribution in [3.05, 3.63) is 104 Å². The minimum absolute atomic E-state index is 0.0173. The average molecular weight is 1570 g/mol. The Bertz CT molecular complexity index is 3570. The molecule has 16 rings (SSSR count). The number of rotatable bonds is 37. The molecule has 8 bridgehead atoms. The summed E-state index contributed by atoms with van der Waals surface area (Å²) in [4.78, 5) is 142. The zero-order valence-corrected chi connectivity index (χ0v) is 68.3. The van der Waals surface area contributed by atoms with E-state index in [-0.39, 0.29) is 225 Å². The summed E-state index contributed by atoms with van der Waals surface area (Å²) in [6.45, 7) is 23.6. The van der Waals surface area contributed by atoms with Crippen LogP contribution in [-0.4, -0.2) is 229 Å². The molecule has 12 aliphatic rings. The first kappa shape index (κ1) is 91.5. The zero-order valence-electron chi connectivity index (χ0n) is 68.3. The highest BCUT2D eigenvalue weighted by molar-refractivity contribution is 6.05. The maximum atomic E-state index is 15.0. The molecule has 8 N–H and O–H groups in total. The van der Waals surface area contributed by atoms with Gasteiger partial charge in [-0.05, 0) is 127 Å². The highest BCUT2D eigenvalue weighted by atomic mass is 16.7. The number of hydrogen-bond donors (Lipinski definition) is 8. The van der Waals surface area contributed by atoms with Gasteiger partial charge in [-0.25, -0.2) is 4.79 Å². The predicted molar refractivity (Wildman–Crippen MR) is 431 cm³/mol. The molecule has 0 fully saturated rings. The van der Waals surface area contributed by atoms with E-state index in [1.807, 2.05) is 53.4 Å². The molecule has 1 aromatic heterocycles. The lowest BCUT2D eigenvalue weighted by atomic mass is 10.1. The van der Waals surface area contributed by atoms with Crippen LogP contribution in [0.25, 0.3) is 0 Å². The Labute approximate surface area is 662 Å². The van der Waals surface area contributed by atoms with Crippen LogP contribution in [0.15, 0.2) is 59.4 Å². The lowest BCUT2D eigenvalue weighted by Crippen LogP contribution is -2.49. The number of pyridine rings is 1. The molecule has 0 aliphatic carbocycles. The van der Waals surface area contributed by atoms with Crippen molar-refractivity contribution in [3.63, 3.8) is 0 Å². The lowest BCUT2D eigenvalue weighted by molar-refractivity contribution is 0.0525. The van der Waals surface area contributed by atoms with Gasteiger partial charge in [0, 0.05) is 117 Å². The molecule has 622 valence electrons. The molecule has 13 heterocycles. The van der Waals surface area contributed by atoms with E-state index in [1.165, 1.54) is 18.2 Å². The summed E-state index contributed by atoms with van der Waals surface area (Å²) in [5.41, 5.74) is -0.392. The van der Waals surface area contributed by atoms with E-state index in [2.05, 4.69) is 52.3 Å². The van der Waals surface area contributed by atoms with Crippen LogP contribution in [0.5, 0.6) is 34.5 Å². The molecule has 29 heteroatoms. The van der Waals surface area contributed by atoms with Crippen molar-refractivity contribution < 1.29 is 76.4 Å². The van der Waals surface area contributed by atoms with Crippen LogP contribution in [0.1, 0.15) is 251 Å². The first-order valence-corrected chi connectivity index (χ1v) is 41.0. The molecule has 0 radical (unpaired) electrons. The third-order valence-corrected chi connectivity index (χ3v) is 18.6. The molecule has 8 amide bonds. The van der Waals surface area contributed by atoms with Crippen molar-refractivity contribution in [2.45, 2.75) is 190 Å². The van der Waals surface area contributed by atoms with E-state index in [4.69, 9.17) is 38.0 Å². The van der Waals surface area contributed by atoms with Crippen LogP contribution in [0.4, 0.5) is 4.79 Å². The fraction of sp³-hybridized carbons (Fsp3) is 0.627. The number of benzene rings is 3. The van der Waals surface area contributed by atoms with Gasteiger partial charge in [0.05, 0.1) is 73.0 Å². The Morgan fingerprint density at radius 3 is 1.05 bits per heavy atom. The monoisotopic (exact) mass is 1560 g/mol. The van der Waals surface area contributed by atoms with Crippen molar-refractivity contribution in [1.82, 2.24) is 62.0 Å². The summed E-state index contributed by atoms with van der Waals surface area (Å²) in [6.07, 6.45) is 10.7. The fourth-order valence-electron chi connectivity index (χ4n) is 12.2. The Balaban J connectivity index is 1.56. The number of aromatic nitrogens is 1. The van der Waals surface area contributed by atoms with E-state index in [0.717, 1.165) is 49.7 Å². The minimum atomic E-state index is -0.723. The summed E-state index contributed by atoms with van der Waals surface area (Å²) in [5, 5.41) is 24.6. The lowest BCUT2D eigenvalue weighted by Gasteiger charge is -2.31. The van der Waals surface area contributed by atoms with E-state index in [9.17, 15) is 38.4 Å². The molecule has 112 heavy (non-hydrogen) atoms. The number of unbranched alkanes of at least 4 members (excludes halogenated alkanes) is 8. The SMILES string of the molecule is CCCCOc1c2ccc(c1OCCCC)C(=O)NCCN1CCNC(=O)c3ccc(c(OCCCC)c3OCCCC)C(=O)NCCN(CCNC2=O)CCNC(=O)c2ccc(c(OCCCC)c2OCCCC)C(=O)NCCN(CC(CCCCNC(=O)OC(C)(C)C)NC(=O)c2cccc(=O)n2OCCCC)CC1. The van der Waals surface area contributed by atoms with E-state index in [1.54, 1.807) is 57.2 Å². The summed E-state index contributed by atoms with van der Waals surface area (Å²) in [7, 11) is 0. The molecule has 1 unspecified atom stereocenters. The fourth-order valence-corrected chi connectivity index (χ4v) is 12.2. The van der Waals surface area contributed by atoms with Crippen LogP contribution < -0.4 is 81.4 Å². The molecule has 12 aliphatic heterocycles. The van der Waals surface area contributed by atoms with Crippen LogP contribution in [-0.2, 0) is 4.74 Å². The average Bonchev–Trinajstić information content (AvgIpc) is 0.917. The number of nitrogens with zero attached hydrogens (tertiary/aromatic N) is 4. The van der Waals surface area contributed by atoms with Crippen molar-refractivity contribution in [1.29, 1.82) is 0 Å². The molecular weight excluding hydrogens is 1440 g/mol. The minimum Gasteiger partial charge on any atom is -0.489 e. The predicted octanol–water partition coefficient (Wildman–Crippen LogP) is 9.36. The van der Waals surface area contributed by atoms with Crippen LogP contribution in [0.2, 0.25) is 0 Å². The van der Waals surface area contributed by atoms with Crippen LogP contribution in [0, 0.1) is 0 Å². The summed E-state index contributed by atoms with van der Waals surface area (Å²) < 4.78 is 45.4. The number of hydrogen-bond acceptors (Lipinski definition) is 20. The number of carbonyl (C=O) groups excluding carboxylic acids is 8. The van der Waals surface area contributed by atoms with Crippen molar-refractivity contribution in [3.8, 4) is 34.5 Å².